The molecule has 0 aromatic rings. The predicted octanol–water partition coefficient (Wildman–Crippen LogP) is 2.44. The highest BCUT2D eigenvalue weighted by Crippen LogP contribution is 1.99. The molecule has 0 aromatic heterocycles. The van der Waals surface area contributed by atoms with Crippen molar-refractivity contribution in [2.75, 3.05) is 5.75 Å². The quantitative estimate of drug-likeness (QED) is 0.401. The summed E-state index contributed by atoms with van der Waals surface area (Å²) in [5.74, 6) is 1.02. The zero-order chi connectivity index (χ0) is 5.54. The van der Waals surface area contributed by atoms with E-state index in [-0.39, 0.29) is 0 Å². The molecule has 0 aliphatic carbocycles. The van der Waals surface area contributed by atoms with Gasteiger partial charge >= 0.3 is 0 Å². The Hall–Kier alpha value is -0.170. The summed E-state index contributed by atoms with van der Waals surface area (Å²) in [4.78, 5) is 0. The Morgan fingerprint density at radius 3 is 2.86 bits per heavy atom. The third-order valence-electron chi connectivity index (χ3n) is 0.446. The second-order valence-corrected chi connectivity index (χ2v) is 2.03. The summed E-state index contributed by atoms with van der Waals surface area (Å²) in [6, 6.07) is 0. The highest BCUT2D eigenvalue weighted by Gasteiger charge is 1.68. The van der Waals surface area contributed by atoms with Crippen LogP contribution >= 0.6 is 11.8 Å². The SMILES string of the molecule is C=CCS/C=C\C. The monoisotopic (exact) mass is 114 g/mol. The van der Waals surface area contributed by atoms with Crippen LogP contribution in [-0.4, -0.2) is 5.75 Å². The van der Waals surface area contributed by atoms with Crippen molar-refractivity contribution >= 4 is 11.8 Å². The third kappa shape index (κ3) is 5.83. The minimum atomic E-state index is 1.02. The van der Waals surface area contributed by atoms with E-state index in [0.717, 1.165) is 5.75 Å². The molecule has 0 heterocycles. The lowest BCUT2D eigenvalue weighted by molar-refractivity contribution is 1.77. The van der Waals surface area contributed by atoms with Crippen LogP contribution in [0.2, 0.25) is 0 Å². The van der Waals surface area contributed by atoms with Crippen molar-refractivity contribution in [1.29, 1.82) is 0 Å². The summed E-state index contributed by atoms with van der Waals surface area (Å²) < 4.78 is 0. The molecule has 0 fully saturated rings. The first-order valence-corrected chi connectivity index (χ1v) is 3.30. The molecule has 40 valence electrons. The smallest absolute Gasteiger partial charge is 0.0152 e. The molecular formula is C6H10S. The highest BCUT2D eigenvalue weighted by atomic mass is 32.2. The van der Waals surface area contributed by atoms with E-state index in [1.807, 2.05) is 19.1 Å². The van der Waals surface area contributed by atoms with E-state index in [0.29, 0.717) is 0 Å². The van der Waals surface area contributed by atoms with E-state index in [9.17, 15) is 0 Å². The normalized spacial score (nSPS) is 9.86. The topological polar surface area (TPSA) is 0 Å². The minimum absolute atomic E-state index is 1.02. The third-order valence-corrected chi connectivity index (χ3v) is 1.34. The van der Waals surface area contributed by atoms with Crippen molar-refractivity contribution in [3.05, 3.63) is 24.1 Å². The summed E-state index contributed by atoms with van der Waals surface area (Å²) >= 11 is 1.75. The van der Waals surface area contributed by atoms with Crippen LogP contribution in [0.25, 0.3) is 0 Å². The molecule has 0 saturated heterocycles. The Bertz CT molecular complexity index is 64.6. The molecule has 0 spiro atoms. The molecule has 0 aliphatic rings. The Labute approximate surface area is 49.3 Å². The Balaban J connectivity index is 2.82. The Morgan fingerprint density at radius 2 is 2.43 bits per heavy atom. The van der Waals surface area contributed by atoms with Crippen LogP contribution < -0.4 is 0 Å². The molecule has 0 rings (SSSR count). The number of hydrogen-bond donors (Lipinski definition) is 0. The number of hydrogen-bond acceptors (Lipinski definition) is 1. The lowest BCUT2D eigenvalue weighted by Crippen LogP contribution is -1.58. The van der Waals surface area contributed by atoms with Gasteiger partial charge in [-0.2, -0.15) is 0 Å². The minimum Gasteiger partial charge on any atom is -0.130 e. The Morgan fingerprint density at radius 1 is 1.71 bits per heavy atom. The largest absolute Gasteiger partial charge is 0.130 e. The van der Waals surface area contributed by atoms with Crippen LogP contribution in [0, 0.1) is 0 Å². The van der Waals surface area contributed by atoms with Gasteiger partial charge in [-0.3, -0.25) is 0 Å². The molecule has 0 nitrogen and oxygen atoms in total. The zero-order valence-electron chi connectivity index (χ0n) is 4.55. The molecule has 0 bridgehead atoms. The van der Waals surface area contributed by atoms with E-state index in [4.69, 9.17) is 0 Å². The van der Waals surface area contributed by atoms with Crippen molar-refractivity contribution < 1.29 is 0 Å². The maximum absolute atomic E-state index is 3.58. The van der Waals surface area contributed by atoms with Gasteiger partial charge in [0.15, 0.2) is 0 Å². The number of rotatable bonds is 3. The van der Waals surface area contributed by atoms with Gasteiger partial charge in [-0.15, -0.1) is 18.3 Å². The van der Waals surface area contributed by atoms with Crippen LogP contribution in [0.3, 0.4) is 0 Å². The summed E-state index contributed by atoms with van der Waals surface area (Å²) in [6.07, 6.45) is 3.92. The van der Waals surface area contributed by atoms with Crippen LogP contribution in [0.15, 0.2) is 24.1 Å². The van der Waals surface area contributed by atoms with Gasteiger partial charge in [-0.05, 0) is 12.3 Å². The van der Waals surface area contributed by atoms with Gasteiger partial charge < -0.3 is 0 Å². The van der Waals surface area contributed by atoms with Crippen LogP contribution in [0.4, 0.5) is 0 Å². The molecule has 0 unspecified atom stereocenters. The molecule has 0 aromatic carbocycles. The molecule has 0 N–H and O–H groups in total. The molecule has 0 amide bonds. The Kier molecular flexibility index (Phi) is 5.69. The number of allylic oxidation sites excluding steroid dienone is 1. The van der Waals surface area contributed by atoms with Gasteiger partial charge in [0, 0.05) is 5.75 Å². The summed E-state index contributed by atoms with van der Waals surface area (Å²) in [7, 11) is 0. The van der Waals surface area contributed by atoms with Crippen molar-refractivity contribution in [2.24, 2.45) is 0 Å². The fourth-order valence-electron chi connectivity index (χ4n) is 0.220. The maximum Gasteiger partial charge on any atom is 0.0152 e. The van der Waals surface area contributed by atoms with Gasteiger partial charge in [0.25, 0.3) is 0 Å². The molecule has 7 heavy (non-hydrogen) atoms. The predicted molar refractivity (Wildman–Crippen MR) is 37.5 cm³/mol. The molecular weight excluding hydrogens is 104 g/mol. The van der Waals surface area contributed by atoms with Gasteiger partial charge in [0.2, 0.25) is 0 Å². The second kappa shape index (κ2) is 5.83. The van der Waals surface area contributed by atoms with Crippen LogP contribution in [-0.2, 0) is 0 Å². The van der Waals surface area contributed by atoms with Crippen LogP contribution in [0.5, 0.6) is 0 Å². The van der Waals surface area contributed by atoms with Gasteiger partial charge in [0.05, 0.1) is 0 Å². The maximum atomic E-state index is 3.58. The van der Waals surface area contributed by atoms with Gasteiger partial charge in [-0.25, -0.2) is 0 Å². The van der Waals surface area contributed by atoms with E-state index in [1.54, 1.807) is 11.8 Å². The van der Waals surface area contributed by atoms with Crippen molar-refractivity contribution in [3.8, 4) is 0 Å². The molecule has 0 aliphatic heterocycles. The van der Waals surface area contributed by atoms with E-state index < -0.39 is 0 Å². The van der Waals surface area contributed by atoms with Crippen molar-refractivity contribution in [1.82, 2.24) is 0 Å². The van der Waals surface area contributed by atoms with E-state index >= 15 is 0 Å². The average Bonchev–Trinajstić information content (AvgIpc) is 1.69. The fraction of sp³-hybridized carbons (Fsp3) is 0.333. The van der Waals surface area contributed by atoms with Crippen LogP contribution in [0.1, 0.15) is 6.92 Å². The first kappa shape index (κ1) is 6.83. The summed E-state index contributed by atoms with van der Waals surface area (Å²) in [6.45, 7) is 5.59. The molecule has 0 saturated carbocycles. The second-order valence-electron chi connectivity index (χ2n) is 1.09. The van der Waals surface area contributed by atoms with Gasteiger partial charge in [0.1, 0.15) is 0 Å². The molecule has 0 radical (unpaired) electrons. The van der Waals surface area contributed by atoms with Gasteiger partial charge in [-0.1, -0.05) is 12.2 Å². The zero-order valence-corrected chi connectivity index (χ0v) is 5.37. The molecule has 0 atom stereocenters. The summed E-state index contributed by atoms with van der Waals surface area (Å²) in [5, 5.41) is 2.06. The first-order chi connectivity index (χ1) is 3.41. The van der Waals surface area contributed by atoms with Crippen molar-refractivity contribution in [2.45, 2.75) is 6.92 Å². The standard InChI is InChI=1S/C6H10S/c1-3-5-7-6-4-2/h3-4,6H,1,5H2,2H3/b6-4-. The fourth-order valence-corrected chi connectivity index (χ4v) is 0.659. The lowest BCUT2D eigenvalue weighted by Gasteiger charge is -1.79. The van der Waals surface area contributed by atoms with Crippen molar-refractivity contribution in [3.63, 3.8) is 0 Å². The number of thioether (sulfide) groups is 1. The van der Waals surface area contributed by atoms with E-state index in [1.165, 1.54) is 0 Å². The van der Waals surface area contributed by atoms with E-state index in [2.05, 4.69) is 12.0 Å². The lowest BCUT2D eigenvalue weighted by atomic mass is 10.8. The summed E-state index contributed by atoms with van der Waals surface area (Å²) in [5.41, 5.74) is 0. The molecule has 1 heteroatoms. The average molecular weight is 114 g/mol. The highest BCUT2D eigenvalue weighted by molar-refractivity contribution is 8.02. The first-order valence-electron chi connectivity index (χ1n) is 2.25.